The number of hydrogen-bond acceptors (Lipinski definition) is 6. The van der Waals surface area contributed by atoms with Gasteiger partial charge in [0.1, 0.15) is 0 Å². The lowest BCUT2D eigenvalue weighted by molar-refractivity contribution is -0.144. The van der Waals surface area contributed by atoms with Crippen molar-refractivity contribution >= 4 is 23.9 Å². The summed E-state index contributed by atoms with van der Waals surface area (Å²) in [7, 11) is 1.46. The van der Waals surface area contributed by atoms with Crippen molar-refractivity contribution in [3.8, 4) is 11.5 Å². The predicted molar refractivity (Wildman–Crippen MR) is 118 cm³/mol. The minimum atomic E-state index is -0.641. The summed E-state index contributed by atoms with van der Waals surface area (Å²) < 4.78 is 15.5. The standard InChI is InChI=1S/C24H26N2O6/c1-30-21-13-16(9-11-20(21)31-14-22(25)27)10-12-24(29)32-15-23(28)26-19-8-4-6-17-5-2-3-7-18(17)19/h2-3,5,7,9-13,19H,4,6,8,14-15H2,1H3,(H2,25,27)(H,26,28)/b12-10+. The van der Waals surface area contributed by atoms with Crippen LogP contribution in [0.25, 0.3) is 6.08 Å². The lowest BCUT2D eigenvalue weighted by Crippen LogP contribution is -2.34. The van der Waals surface area contributed by atoms with Crippen LogP contribution >= 0.6 is 0 Å². The van der Waals surface area contributed by atoms with E-state index in [1.165, 1.54) is 24.8 Å². The zero-order valence-corrected chi connectivity index (χ0v) is 17.8. The number of primary amides is 1. The van der Waals surface area contributed by atoms with Crippen LogP contribution in [0.3, 0.4) is 0 Å². The van der Waals surface area contributed by atoms with Crippen LogP contribution in [0.5, 0.6) is 11.5 Å². The first-order chi connectivity index (χ1) is 15.5. The van der Waals surface area contributed by atoms with Crippen molar-refractivity contribution in [2.24, 2.45) is 5.73 Å². The highest BCUT2D eigenvalue weighted by Gasteiger charge is 2.21. The quantitative estimate of drug-likeness (QED) is 0.458. The average Bonchev–Trinajstić information content (AvgIpc) is 2.80. The van der Waals surface area contributed by atoms with Gasteiger partial charge >= 0.3 is 5.97 Å². The molecule has 1 aliphatic carbocycles. The monoisotopic (exact) mass is 438 g/mol. The second kappa shape index (κ2) is 11.0. The molecule has 2 amide bonds. The first-order valence-electron chi connectivity index (χ1n) is 10.3. The lowest BCUT2D eigenvalue weighted by atomic mass is 9.88. The predicted octanol–water partition coefficient (Wildman–Crippen LogP) is 2.31. The van der Waals surface area contributed by atoms with Crippen LogP contribution in [0.15, 0.2) is 48.5 Å². The zero-order valence-electron chi connectivity index (χ0n) is 17.8. The van der Waals surface area contributed by atoms with Gasteiger partial charge in [-0.05, 0) is 54.2 Å². The maximum atomic E-state index is 12.3. The van der Waals surface area contributed by atoms with Crippen molar-refractivity contribution in [2.75, 3.05) is 20.3 Å². The van der Waals surface area contributed by atoms with E-state index >= 15 is 0 Å². The zero-order chi connectivity index (χ0) is 22.9. The Hall–Kier alpha value is -3.81. The Morgan fingerprint density at radius 3 is 2.72 bits per heavy atom. The lowest BCUT2D eigenvalue weighted by Gasteiger charge is -2.26. The molecule has 0 heterocycles. The molecule has 0 fully saturated rings. The molecule has 8 nitrogen and oxygen atoms in total. The van der Waals surface area contributed by atoms with Gasteiger partial charge in [-0.2, -0.15) is 0 Å². The number of amides is 2. The summed E-state index contributed by atoms with van der Waals surface area (Å²) in [5.41, 5.74) is 8.08. The van der Waals surface area contributed by atoms with Crippen LogP contribution < -0.4 is 20.5 Å². The topological polar surface area (TPSA) is 117 Å². The van der Waals surface area contributed by atoms with E-state index < -0.39 is 11.9 Å². The Morgan fingerprint density at radius 1 is 1.12 bits per heavy atom. The maximum absolute atomic E-state index is 12.3. The second-order valence-electron chi connectivity index (χ2n) is 7.32. The van der Waals surface area contributed by atoms with E-state index in [4.69, 9.17) is 19.9 Å². The molecule has 3 rings (SSSR count). The fourth-order valence-corrected chi connectivity index (χ4v) is 3.54. The summed E-state index contributed by atoms with van der Waals surface area (Å²) in [5.74, 6) is -0.848. The number of aryl methyl sites for hydroxylation is 1. The molecule has 0 spiro atoms. The summed E-state index contributed by atoms with van der Waals surface area (Å²) in [6, 6.07) is 12.9. The number of carbonyl (C=O) groups is 3. The molecule has 1 unspecified atom stereocenters. The number of nitrogens with one attached hydrogen (secondary N) is 1. The van der Waals surface area contributed by atoms with E-state index in [0.29, 0.717) is 17.1 Å². The second-order valence-corrected chi connectivity index (χ2v) is 7.32. The molecule has 2 aromatic rings. The number of ether oxygens (including phenoxy) is 3. The van der Waals surface area contributed by atoms with Gasteiger partial charge in [0.25, 0.3) is 11.8 Å². The van der Waals surface area contributed by atoms with Crippen LogP contribution in [-0.2, 0) is 25.5 Å². The van der Waals surface area contributed by atoms with Gasteiger partial charge in [0.05, 0.1) is 13.2 Å². The smallest absolute Gasteiger partial charge is 0.331 e. The SMILES string of the molecule is COc1cc(/C=C/C(=O)OCC(=O)NC2CCCc3ccccc32)ccc1OCC(N)=O. The summed E-state index contributed by atoms with van der Waals surface area (Å²) in [6.45, 7) is -0.628. The Morgan fingerprint density at radius 2 is 1.94 bits per heavy atom. The maximum Gasteiger partial charge on any atom is 0.331 e. The third-order valence-corrected chi connectivity index (χ3v) is 5.02. The van der Waals surface area contributed by atoms with Crippen molar-refractivity contribution in [3.05, 3.63) is 65.2 Å². The molecule has 168 valence electrons. The molecular weight excluding hydrogens is 412 g/mol. The summed E-state index contributed by atoms with van der Waals surface area (Å²) >= 11 is 0. The molecule has 1 atom stereocenters. The molecule has 0 saturated heterocycles. The van der Waals surface area contributed by atoms with Gasteiger partial charge < -0.3 is 25.3 Å². The number of rotatable bonds is 9. The van der Waals surface area contributed by atoms with Gasteiger partial charge in [0, 0.05) is 6.08 Å². The first kappa shape index (κ1) is 22.9. The first-order valence-corrected chi connectivity index (χ1v) is 10.3. The van der Waals surface area contributed by atoms with E-state index in [1.54, 1.807) is 18.2 Å². The molecule has 0 aromatic heterocycles. The van der Waals surface area contributed by atoms with Crippen molar-refractivity contribution < 1.29 is 28.6 Å². The number of nitrogens with two attached hydrogens (primary N) is 1. The number of methoxy groups -OCH3 is 1. The van der Waals surface area contributed by atoms with Crippen LogP contribution in [0.2, 0.25) is 0 Å². The number of carbonyl (C=O) groups excluding carboxylic acids is 3. The van der Waals surface area contributed by atoms with Gasteiger partial charge in [-0.25, -0.2) is 4.79 Å². The Kier molecular flexibility index (Phi) is 7.85. The molecular formula is C24H26N2O6. The van der Waals surface area contributed by atoms with E-state index in [2.05, 4.69) is 11.4 Å². The number of esters is 1. The van der Waals surface area contributed by atoms with E-state index in [9.17, 15) is 14.4 Å². The van der Waals surface area contributed by atoms with E-state index in [0.717, 1.165) is 24.8 Å². The molecule has 32 heavy (non-hydrogen) atoms. The van der Waals surface area contributed by atoms with Gasteiger partial charge in [-0.15, -0.1) is 0 Å². The minimum Gasteiger partial charge on any atom is -0.493 e. The van der Waals surface area contributed by atoms with Gasteiger partial charge in [-0.3, -0.25) is 9.59 Å². The van der Waals surface area contributed by atoms with Crippen molar-refractivity contribution in [1.29, 1.82) is 0 Å². The third-order valence-electron chi connectivity index (χ3n) is 5.02. The summed E-state index contributed by atoms with van der Waals surface area (Å²) in [4.78, 5) is 35.1. The molecule has 0 aliphatic heterocycles. The van der Waals surface area contributed by atoms with Gasteiger partial charge in [-0.1, -0.05) is 30.3 Å². The minimum absolute atomic E-state index is 0.0653. The summed E-state index contributed by atoms with van der Waals surface area (Å²) in [6.07, 6.45) is 5.61. The van der Waals surface area contributed by atoms with Crippen LogP contribution in [0, 0.1) is 0 Å². The molecule has 0 bridgehead atoms. The van der Waals surface area contributed by atoms with Crippen molar-refractivity contribution in [3.63, 3.8) is 0 Å². The van der Waals surface area contributed by atoms with Crippen molar-refractivity contribution in [1.82, 2.24) is 5.32 Å². The molecule has 3 N–H and O–H groups in total. The Balaban J connectivity index is 1.50. The fraction of sp³-hybridized carbons (Fsp3) is 0.292. The fourth-order valence-electron chi connectivity index (χ4n) is 3.54. The number of fused-ring (bicyclic) bond motifs is 1. The van der Waals surface area contributed by atoms with Crippen LogP contribution in [-0.4, -0.2) is 38.1 Å². The highest BCUT2D eigenvalue weighted by atomic mass is 16.5. The van der Waals surface area contributed by atoms with E-state index in [1.807, 2.05) is 18.2 Å². The molecule has 8 heteroatoms. The van der Waals surface area contributed by atoms with Gasteiger partial charge in [0.15, 0.2) is 24.7 Å². The highest BCUT2D eigenvalue weighted by Crippen LogP contribution is 2.30. The van der Waals surface area contributed by atoms with Crippen LogP contribution in [0.4, 0.5) is 0 Å². The number of benzene rings is 2. The molecule has 2 aromatic carbocycles. The van der Waals surface area contributed by atoms with Crippen molar-refractivity contribution in [2.45, 2.75) is 25.3 Å². The van der Waals surface area contributed by atoms with Gasteiger partial charge in [0.2, 0.25) is 0 Å². The largest absolute Gasteiger partial charge is 0.493 e. The number of hydrogen-bond donors (Lipinski definition) is 2. The summed E-state index contributed by atoms with van der Waals surface area (Å²) in [5, 5.41) is 2.94. The Labute approximate surface area is 186 Å². The van der Waals surface area contributed by atoms with Crippen LogP contribution in [0.1, 0.15) is 35.6 Å². The molecule has 0 radical (unpaired) electrons. The van der Waals surface area contributed by atoms with E-state index in [-0.39, 0.29) is 25.2 Å². The normalized spacial score (nSPS) is 15.0. The highest BCUT2D eigenvalue weighted by molar-refractivity contribution is 5.89. The molecule has 0 saturated carbocycles. The Bertz CT molecular complexity index is 1020. The molecule has 1 aliphatic rings. The average molecular weight is 438 g/mol. The third kappa shape index (κ3) is 6.34.